The van der Waals surface area contributed by atoms with Crippen molar-refractivity contribution in [3.8, 4) is 5.75 Å². The molecule has 0 aliphatic carbocycles. The van der Waals surface area contributed by atoms with Crippen LogP contribution in [0.1, 0.15) is 30.9 Å². The van der Waals surface area contributed by atoms with Crippen LogP contribution in [0.5, 0.6) is 5.75 Å². The molecule has 0 amide bonds. The minimum atomic E-state index is -0.282. The maximum atomic E-state index is 13.3. The van der Waals surface area contributed by atoms with Gasteiger partial charge in [0.2, 0.25) is 0 Å². The Kier molecular flexibility index (Phi) is 7.41. The van der Waals surface area contributed by atoms with E-state index >= 15 is 0 Å². The summed E-state index contributed by atoms with van der Waals surface area (Å²) in [5.41, 5.74) is 2.07. The first kappa shape index (κ1) is 21.8. The highest BCUT2D eigenvalue weighted by Crippen LogP contribution is 2.19. The fraction of sp³-hybridized carbons (Fsp3) is 0.304. The SMILES string of the molecule is CCCCNC(=S)N(Cc1ccc(F)cc1)Cc1cc2ccc(OC)cc2[nH]c1=O. The molecule has 0 radical (unpaired) electrons. The maximum absolute atomic E-state index is 13.3. The van der Waals surface area contributed by atoms with Crippen molar-refractivity contribution >= 4 is 28.2 Å². The summed E-state index contributed by atoms with van der Waals surface area (Å²) in [6.07, 6.45) is 2.06. The Morgan fingerprint density at radius 1 is 1.17 bits per heavy atom. The molecule has 3 aromatic rings. The van der Waals surface area contributed by atoms with Gasteiger partial charge in [-0.25, -0.2) is 4.39 Å². The number of methoxy groups -OCH3 is 1. The largest absolute Gasteiger partial charge is 0.497 e. The number of unbranched alkanes of at least 4 members (excludes halogenated alkanes) is 1. The zero-order valence-electron chi connectivity index (χ0n) is 17.2. The van der Waals surface area contributed by atoms with Crippen molar-refractivity contribution in [2.45, 2.75) is 32.9 Å². The van der Waals surface area contributed by atoms with Crippen LogP contribution in [-0.4, -0.2) is 28.7 Å². The van der Waals surface area contributed by atoms with E-state index in [0.717, 1.165) is 35.9 Å². The molecule has 0 saturated heterocycles. The lowest BCUT2D eigenvalue weighted by molar-refractivity contribution is 0.396. The van der Waals surface area contributed by atoms with Gasteiger partial charge in [0.25, 0.3) is 5.56 Å². The average Bonchev–Trinajstić information content (AvgIpc) is 2.75. The van der Waals surface area contributed by atoms with E-state index in [9.17, 15) is 9.18 Å². The Morgan fingerprint density at radius 2 is 1.93 bits per heavy atom. The molecule has 5 nitrogen and oxygen atoms in total. The summed E-state index contributed by atoms with van der Waals surface area (Å²) in [7, 11) is 1.59. The van der Waals surface area contributed by atoms with Gasteiger partial charge in [-0.3, -0.25) is 4.79 Å². The summed E-state index contributed by atoms with van der Waals surface area (Å²) in [4.78, 5) is 17.6. The number of aromatic amines is 1. The molecular weight excluding hydrogens is 401 g/mol. The number of nitrogens with one attached hydrogen (secondary N) is 2. The van der Waals surface area contributed by atoms with E-state index in [2.05, 4.69) is 17.2 Å². The molecule has 0 unspecified atom stereocenters. The summed E-state index contributed by atoms with van der Waals surface area (Å²) in [6.45, 7) is 3.69. The predicted molar refractivity (Wildman–Crippen MR) is 122 cm³/mol. The molecule has 2 aromatic carbocycles. The quantitative estimate of drug-likeness (QED) is 0.413. The first-order chi connectivity index (χ1) is 14.5. The van der Waals surface area contributed by atoms with Gasteiger partial charge in [-0.1, -0.05) is 25.5 Å². The summed E-state index contributed by atoms with van der Waals surface area (Å²) in [6, 6.07) is 13.8. The number of fused-ring (bicyclic) bond motifs is 1. The first-order valence-corrected chi connectivity index (χ1v) is 10.4. The molecule has 158 valence electrons. The number of halogens is 1. The molecule has 3 rings (SSSR count). The fourth-order valence-corrected chi connectivity index (χ4v) is 3.40. The van der Waals surface area contributed by atoms with Gasteiger partial charge in [0.1, 0.15) is 11.6 Å². The van der Waals surface area contributed by atoms with Crippen molar-refractivity contribution in [2.75, 3.05) is 13.7 Å². The molecule has 0 bridgehead atoms. The number of benzene rings is 2. The minimum absolute atomic E-state index is 0.170. The summed E-state index contributed by atoms with van der Waals surface area (Å²) < 4.78 is 18.5. The number of ether oxygens (including phenoxy) is 1. The second-order valence-electron chi connectivity index (χ2n) is 7.14. The van der Waals surface area contributed by atoms with Crippen LogP contribution in [0.2, 0.25) is 0 Å². The van der Waals surface area contributed by atoms with Gasteiger partial charge in [0, 0.05) is 24.7 Å². The van der Waals surface area contributed by atoms with Gasteiger partial charge in [0.05, 0.1) is 19.2 Å². The van der Waals surface area contributed by atoms with Crippen molar-refractivity contribution in [2.24, 2.45) is 0 Å². The molecule has 7 heteroatoms. The molecular formula is C23H26FN3O2S. The fourth-order valence-electron chi connectivity index (χ4n) is 3.17. The molecule has 0 aliphatic rings. The van der Waals surface area contributed by atoms with Gasteiger partial charge in [-0.05, 0) is 59.9 Å². The molecule has 1 aromatic heterocycles. The maximum Gasteiger partial charge on any atom is 0.253 e. The molecule has 1 heterocycles. The highest BCUT2D eigenvalue weighted by molar-refractivity contribution is 7.80. The Morgan fingerprint density at radius 3 is 2.63 bits per heavy atom. The van der Waals surface area contributed by atoms with Gasteiger partial charge in [0.15, 0.2) is 5.11 Å². The van der Waals surface area contributed by atoms with Gasteiger partial charge in [-0.2, -0.15) is 0 Å². The number of nitrogens with zero attached hydrogens (tertiary/aromatic N) is 1. The number of thiocarbonyl (C=S) groups is 1. The summed E-state index contributed by atoms with van der Waals surface area (Å²) >= 11 is 5.60. The van der Waals surface area contributed by atoms with E-state index in [-0.39, 0.29) is 11.4 Å². The highest BCUT2D eigenvalue weighted by atomic mass is 32.1. The predicted octanol–water partition coefficient (Wildman–Crippen LogP) is 4.35. The first-order valence-electron chi connectivity index (χ1n) is 9.97. The van der Waals surface area contributed by atoms with Crippen molar-refractivity contribution in [3.05, 3.63) is 75.8 Å². The summed E-state index contributed by atoms with van der Waals surface area (Å²) in [5, 5.41) is 4.75. The Bertz CT molecular complexity index is 1070. The third-order valence-electron chi connectivity index (χ3n) is 4.87. The molecule has 0 spiro atoms. The van der Waals surface area contributed by atoms with Crippen LogP contribution >= 0.6 is 12.2 Å². The number of hydrogen-bond donors (Lipinski definition) is 2. The number of pyridine rings is 1. The zero-order chi connectivity index (χ0) is 21.5. The topological polar surface area (TPSA) is 57.4 Å². The lowest BCUT2D eigenvalue weighted by Gasteiger charge is -2.26. The lowest BCUT2D eigenvalue weighted by Crippen LogP contribution is -2.40. The van der Waals surface area contributed by atoms with E-state index in [1.54, 1.807) is 25.3 Å². The van der Waals surface area contributed by atoms with E-state index < -0.39 is 0 Å². The van der Waals surface area contributed by atoms with E-state index in [4.69, 9.17) is 17.0 Å². The molecule has 0 fully saturated rings. The highest BCUT2D eigenvalue weighted by Gasteiger charge is 2.14. The summed E-state index contributed by atoms with van der Waals surface area (Å²) in [5.74, 6) is 0.403. The van der Waals surface area contributed by atoms with Gasteiger partial charge < -0.3 is 19.9 Å². The van der Waals surface area contributed by atoms with Crippen molar-refractivity contribution in [1.82, 2.24) is 15.2 Å². The van der Waals surface area contributed by atoms with Crippen LogP contribution in [-0.2, 0) is 13.1 Å². The van der Waals surface area contributed by atoms with Crippen LogP contribution in [0.4, 0.5) is 4.39 Å². The average molecular weight is 428 g/mol. The van der Waals surface area contributed by atoms with E-state index in [1.165, 1.54) is 12.1 Å². The number of hydrogen-bond acceptors (Lipinski definition) is 3. The molecule has 30 heavy (non-hydrogen) atoms. The molecule has 0 aliphatic heterocycles. The molecule has 0 atom stereocenters. The number of H-pyrrole nitrogens is 1. The third-order valence-corrected chi connectivity index (χ3v) is 5.27. The molecule has 0 saturated carbocycles. The van der Waals surface area contributed by atoms with E-state index in [0.29, 0.717) is 29.5 Å². The van der Waals surface area contributed by atoms with Crippen LogP contribution in [0.3, 0.4) is 0 Å². The van der Waals surface area contributed by atoms with Crippen molar-refractivity contribution in [3.63, 3.8) is 0 Å². The van der Waals surface area contributed by atoms with Gasteiger partial charge >= 0.3 is 0 Å². The standard InChI is InChI=1S/C23H26FN3O2S/c1-3-4-11-25-23(30)27(14-16-5-8-19(24)9-6-16)15-18-12-17-7-10-20(29-2)13-21(17)26-22(18)28/h5-10,12-13H,3-4,11,14-15H2,1-2H3,(H,25,30)(H,26,28). The van der Waals surface area contributed by atoms with Crippen LogP contribution < -0.4 is 15.6 Å². The normalized spacial score (nSPS) is 10.8. The molecule has 2 N–H and O–H groups in total. The van der Waals surface area contributed by atoms with Gasteiger partial charge in [-0.15, -0.1) is 0 Å². The zero-order valence-corrected chi connectivity index (χ0v) is 18.0. The van der Waals surface area contributed by atoms with Crippen molar-refractivity contribution in [1.29, 1.82) is 0 Å². The van der Waals surface area contributed by atoms with E-state index in [1.807, 2.05) is 23.1 Å². The number of rotatable bonds is 8. The third kappa shape index (κ3) is 5.57. The Hall–Kier alpha value is -2.93. The second kappa shape index (κ2) is 10.2. The second-order valence-corrected chi connectivity index (χ2v) is 7.53. The minimum Gasteiger partial charge on any atom is -0.497 e. The lowest BCUT2D eigenvalue weighted by atomic mass is 10.1. The smallest absolute Gasteiger partial charge is 0.253 e. The number of aromatic nitrogens is 1. The van der Waals surface area contributed by atoms with Crippen LogP contribution in [0.25, 0.3) is 10.9 Å². The van der Waals surface area contributed by atoms with Crippen LogP contribution in [0.15, 0.2) is 53.3 Å². The van der Waals surface area contributed by atoms with Crippen molar-refractivity contribution < 1.29 is 9.13 Å². The van der Waals surface area contributed by atoms with Crippen LogP contribution in [0, 0.1) is 5.82 Å². The Labute approximate surface area is 180 Å². The Balaban J connectivity index is 1.87. The monoisotopic (exact) mass is 427 g/mol.